The van der Waals surface area contributed by atoms with Gasteiger partial charge in [-0.3, -0.25) is 4.90 Å². The highest BCUT2D eigenvalue weighted by Gasteiger charge is 2.30. The Labute approximate surface area is 121 Å². The molecule has 0 aromatic heterocycles. The lowest BCUT2D eigenvalue weighted by molar-refractivity contribution is 0.0242. The zero-order valence-corrected chi connectivity index (χ0v) is 12.1. The van der Waals surface area contributed by atoms with Crippen molar-refractivity contribution in [2.24, 2.45) is 0 Å². The summed E-state index contributed by atoms with van der Waals surface area (Å²) >= 11 is 0. The van der Waals surface area contributed by atoms with Gasteiger partial charge in [0.2, 0.25) is 0 Å². The van der Waals surface area contributed by atoms with E-state index in [0.29, 0.717) is 19.2 Å². The van der Waals surface area contributed by atoms with Gasteiger partial charge in [0.15, 0.2) is 0 Å². The minimum Gasteiger partial charge on any atom is -0.389 e. The summed E-state index contributed by atoms with van der Waals surface area (Å²) in [6.45, 7) is 4.24. The van der Waals surface area contributed by atoms with Crippen LogP contribution in [0.15, 0.2) is 24.3 Å². The van der Waals surface area contributed by atoms with Crippen LogP contribution in [0.2, 0.25) is 0 Å². The highest BCUT2D eigenvalue weighted by molar-refractivity contribution is 5.25. The van der Waals surface area contributed by atoms with Crippen molar-refractivity contribution in [3.63, 3.8) is 0 Å². The molecule has 1 atom stereocenters. The first-order valence-electron chi connectivity index (χ1n) is 7.18. The van der Waals surface area contributed by atoms with Gasteiger partial charge in [-0.05, 0) is 30.9 Å². The molecule has 20 heavy (non-hydrogen) atoms. The summed E-state index contributed by atoms with van der Waals surface area (Å²) in [5, 5.41) is 10.0. The normalized spacial score (nSPS) is 16.1. The van der Waals surface area contributed by atoms with Crippen LogP contribution < -0.4 is 0 Å². The number of nitrogens with zero attached hydrogens (tertiary/aromatic N) is 1. The molecule has 1 N–H and O–H groups in total. The molecule has 0 bridgehead atoms. The number of aliphatic hydroxyl groups is 1. The van der Waals surface area contributed by atoms with E-state index >= 15 is 0 Å². The van der Waals surface area contributed by atoms with Gasteiger partial charge in [0, 0.05) is 19.1 Å². The first-order chi connectivity index (χ1) is 9.70. The first kappa shape index (κ1) is 15.1. The highest BCUT2D eigenvalue weighted by atomic mass is 16.5. The van der Waals surface area contributed by atoms with Gasteiger partial charge < -0.3 is 9.84 Å². The van der Waals surface area contributed by atoms with Crippen molar-refractivity contribution < 1.29 is 9.84 Å². The lowest BCUT2D eigenvalue weighted by Gasteiger charge is -2.25. The van der Waals surface area contributed by atoms with Crippen molar-refractivity contribution in [1.82, 2.24) is 4.90 Å². The maximum Gasteiger partial charge on any atom is 0.107 e. The van der Waals surface area contributed by atoms with Crippen molar-refractivity contribution in [2.45, 2.75) is 38.5 Å². The van der Waals surface area contributed by atoms with E-state index < -0.39 is 6.10 Å². The quantitative estimate of drug-likeness (QED) is 0.580. The number of aryl methyl sites for hydroxylation is 1. The van der Waals surface area contributed by atoms with Gasteiger partial charge in [0.25, 0.3) is 0 Å². The van der Waals surface area contributed by atoms with Crippen LogP contribution in [0, 0.1) is 19.3 Å². The molecular weight excluding hydrogens is 250 g/mol. The molecule has 3 heteroatoms. The summed E-state index contributed by atoms with van der Waals surface area (Å²) in [6.07, 6.45) is 7.10. The number of aliphatic hydroxyl groups excluding tert-OH is 1. The minimum absolute atomic E-state index is 0.262. The lowest BCUT2D eigenvalue weighted by atomic mass is 10.1. The molecule has 1 aliphatic carbocycles. The predicted octanol–water partition coefficient (Wildman–Crippen LogP) is 1.97. The standard InChI is InChI=1S/C17H23NO2/c1-3-10-20-13-17(19)12-18(16-8-9-16)11-15-7-5-4-6-14(15)2/h1,4-7,16-17,19H,8-13H2,2H3/t17-/m1/s1. The first-order valence-corrected chi connectivity index (χ1v) is 7.18. The largest absolute Gasteiger partial charge is 0.389 e. The fourth-order valence-electron chi connectivity index (χ4n) is 2.37. The molecule has 0 spiro atoms. The summed E-state index contributed by atoms with van der Waals surface area (Å²) in [5.74, 6) is 2.41. The van der Waals surface area contributed by atoms with Crippen LogP contribution in [0.4, 0.5) is 0 Å². The predicted molar refractivity (Wildman–Crippen MR) is 80.3 cm³/mol. The Morgan fingerprint density at radius 2 is 2.20 bits per heavy atom. The second-order valence-electron chi connectivity index (χ2n) is 5.46. The van der Waals surface area contributed by atoms with Crippen LogP contribution in [0.5, 0.6) is 0 Å². The van der Waals surface area contributed by atoms with Crippen LogP contribution >= 0.6 is 0 Å². The summed E-state index contributed by atoms with van der Waals surface area (Å²) in [7, 11) is 0. The van der Waals surface area contributed by atoms with E-state index in [-0.39, 0.29) is 6.61 Å². The molecule has 1 aromatic carbocycles. The van der Waals surface area contributed by atoms with Gasteiger partial charge in [-0.2, -0.15) is 0 Å². The Kier molecular flexibility index (Phi) is 5.60. The Morgan fingerprint density at radius 1 is 1.45 bits per heavy atom. The highest BCUT2D eigenvalue weighted by Crippen LogP contribution is 2.29. The second-order valence-corrected chi connectivity index (χ2v) is 5.46. The van der Waals surface area contributed by atoms with E-state index in [4.69, 9.17) is 11.2 Å². The summed E-state index contributed by atoms with van der Waals surface area (Å²) in [4.78, 5) is 2.35. The fourth-order valence-corrected chi connectivity index (χ4v) is 2.37. The molecule has 0 unspecified atom stereocenters. The average molecular weight is 273 g/mol. The van der Waals surface area contributed by atoms with Gasteiger partial charge in [0.1, 0.15) is 6.61 Å². The van der Waals surface area contributed by atoms with Crippen molar-refractivity contribution in [3.8, 4) is 12.3 Å². The third-order valence-corrected chi connectivity index (χ3v) is 3.64. The Hall–Kier alpha value is -1.34. The monoisotopic (exact) mass is 273 g/mol. The molecule has 1 aliphatic rings. The number of hydrogen-bond acceptors (Lipinski definition) is 3. The van der Waals surface area contributed by atoms with Gasteiger partial charge >= 0.3 is 0 Å². The third-order valence-electron chi connectivity index (χ3n) is 3.64. The van der Waals surface area contributed by atoms with Crippen LogP contribution in [0.1, 0.15) is 24.0 Å². The van der Waals surface area contributed by atoms with Crippen molar-refractivity contribution in [3.05, 3.63) is 35.4 Å². The van der Waals surface area contributed by atoms with E-state index in [1.807, 2.05) is 0 Å². The zero-order valence-electron chi connectivity index (χ0n) is 12.1. The van der Waals surface area contributed by atoms with Crippen LogP contribution in [-0.4, -0.2) is 41.9 Å². The van der Waals surface area contributed by atoms with E-state index in [2.05, 4.69) is 42.0 Å². The van der Waals surface area contributed by atoms with Gasteiger partial charge in [-0.25, -0.2) is 0 Å². The smallest absolute Gasteiger partial charge is 0.107 e. The molecule has 2 rings (SSSR count). The van der Waals surface area contributed by atoms with Crippen LogP contribution in [-0.2, 0) is 11.3 Å². The molecule has 0 aliphatic heterocycles. The summed E-state index contributed by atoms with van der Waals surface area (Å²) in [5.41, 5.74) is 2.63. The molecule has 1 aromatic rings. The zero-order chi connectivity index (χ0) is 14.4. The molecule has 0 heterocycles. The van der Waals surface area contributed by atoms with Crippen molar-refractivity contribution in [2.75, 3.05) is 19.8 Å². The van der Waals surface area contributed by atoms with E-state index in [0.717, 1.165) is 6.54 Å². The SMILES string of the molecule is C#CCOC[C@H](O)CN(Cc1ccccc1C)C1CC1. The molecule has 0 amide bonds. The summed E-state index contributed by atoms with van der Waals surface area (Å²) in [6, 6.07) is 9.03. The molecular formula is C17H23NO2. The van der Waals surface area contributed by atoms with Gasteiger partial charge in [-0.1, -0.05) is 30.2 Å². The maximum absolute atomic E-state index is 10.0. The van der Waals surface area contributed by atoms with E-state index in [1.165, 1.54) is 24.0 Å². The molecule has 1 fully saturated rings. The Morgan fingerprint density at radius 3 is 2.85 bits per heavy atom. The minimum atomic E-state index is -0.479. The topological polar surface area (TPSA) is 32.7 Å². The molecule has 3 nitrogen and oxygen atoms in total. The second kappa shape index (κ2) is 7.44. The van der Waals surface area contributed by atoms with Crippen LogP contribution in [0.3, 0.4) is 0 Å². The lowest BCUT2D eigenvalue weighted by Crippen LogP contribution is -2.36. The van der Waals surface area contributed by atoms with Crippen molar-refractivity contribution in [1.29, 1.82) is 0 Å². The number of hydrogen-bond donors (Lipinski definition) is 1. The molecule has 0 radical (unpaired) electrons. The number of benzene rings is 1. The fraction of sp³-hybridized carbons (Fsp3) is 0.529. The van der Waals surface area contributed by atoms with E-state index in [1.54, 1.807) is 0 Å². The van der Waals surface area contributed by atoms with Crippen molar-refractivity contribution >= 4 is 0 Å². The van der Waals surface area contributed by atoms with Gasteiger partial charge in [-0.15, -0.1) is 6.42 Å². The number of rotatable bonds is 8. The van der Waals surface area contributed by atoms with Gasteiger partial charge in [0.05, 0.1) is 12.7 Å². The van der Waals surface area contributed by atoms with Crippen LogP contribution in [0.25, 0.3) is 0 Å². The third kappa shape index (κ3) is 4.64. The Balaban J connectivity index is 1.88. The molecule has 108 valence electrons. The van der Waals surface area contributed by atoms with E-state index in [9.17, 15) is 5.11 Å². The molecule has 1 saturated carbocycles. The number of terminal acetylenes is 1. The average Bonchev–Trinajstić information content (AvgIpc) is 3.25. The molecule has 0 saturated heterocycles. The summed E-state index contributed by atoms with van der Waals surface area (Å²) < 4.78 is 5.21. The number of ether oxygens (including phenoxy) is 1. The Bertz CT molecular complexity index is 462. The maximum atomic E-state index is 10.0.